The van der Waals surface area contributed by atoms with Crippen LogP contribution < -0.4 is 10.2 Å². The van der Waals surface area contributed by atoms with E-state index in [2.05, 4.69) is 59.7 Å². The molecule has 0 saturated carbocycles. The predicted molar refractivity (Wildman–Crippen MR) is 82.8 cm³/mol. The first kappa shape index (κ1) is 15.4. The van der Waals surface area contributed by atoms with Crippen molar-refractivity contribution in [1.29, 1.82) is 0 Å². The fourth-order valence-corrected chi connectivity index (χ4v) is 2.25. The Kier molecular flexibility index (Phi) is 3.91. The fourth-order valence-electron chi connectivity index (χ4n) is 2.25. The Morgan fingerprint density at radius 2 is 1.60 bits per heavy atom. The molecule has 1 aliphatic heterocycles. The van der Waals surface area contributed by atoms with Crippen molar-refractivity contribution in [2.24, 2.45) is 0 Å². The van der Waals surface area contributed by atoms with E-state index in [9.17, 15) is 0 Å². The molecular formula is C16H25BO3. The zero-order valence-corrected chi connectivity index (χ0v) is 13.6. The lowest BCUT2D eigenvalue weighted by Crippen LogP contribution is -2.41. The third-order valence-corrected chi connectivity index (χ3v) is 4.43. The molecule has 0 radical (unpaired) electrons. The largest absolute Gasteiger partial charge is 0.498 e. The topological polar surface area (TPSA) is 27.7 Å². The highest BCUT2D eigenvalue weighted by Gasteiger charge is 2.52. The number of ether oxygens (including phenoxy) is 1. The lowest BCUT2D eigenvalue weighted by molar-refractivity contribution is 0.00578. The van der Waals surface area contributed by atoms with Gasteiger partial charge in [-0.05, 0) is 45.2 Å². The zero-order valence-electron chi connectivity index (χ0n) is 13.6. The van der Waals surface area contributed by atoms with Gasteiger partial charge in [-0.15, -0.1) is 0 Å². The monoisotopic (exact) mass is 276 g/mol. The molecular weight excluding hydrogens is 251 g/mol. The fraction of sp³-hybridized carbons (Fsp3) is 0.625. The number of hydrogen-bond donors (Lipinski definition) is 0. The van der Waals surface area contributed by atoms with Crippen molar-refractivity contribution in [3.8, 4) is 5.75 Å². The molecule has 1 aromatic carbocycles. The van der Waals surface area contributed by atoms with Crippen molar-refractivity contribution < 1.29 is 14.0 Å². The van der Waals surface area contributed by atoms with Crippen molar-refractivity contribution >= 4 is 12.6 Å². The third-order valence-electron chi connectivity index (χ3n) is 4.43. The molecule has 0 atom stereocenters. The van der Waals surface area contributed by atoms with Crippen LogP contribution in [0.25, 0.3) is 0 Å². The van der Waals surface area contributed by atoms with Gasteiger partial charge in [-0.1, -0.05) is 26.0 Å². The van der Waals surface area contributed by atoms with Crippen molar-refractivity contribution in [3.05, 3.63) is 23.8 Å². The number of benzene rings is 1. The summed E-state index contributed by atoms with van der Waals surface area (Å²) in [5.74, 6) is 1.30. The maximum atomic E-state index is 6.09. The van der Waals surface area contributed by atoms with E-state index in [1.54, 1.807) is 7.11 Å². The molecule has 0 bridgehead atoms. The molecule has 0 spiro atoms. The van der Waals surface area contributed by atoms with Crippen molar-refractivity contribution in [2.45, 2.75) is 58.7 Å². The second-order valence-corrected chi connectivity index (χ2v) is 6.74. The van der Waals surface area contributed by atoms with Crippen LogP contribution in [0, 0.1) is 0 Å². The summed E-state index contributed by atoms with van der Waals surface area (Å²) in [5.41, 5.74) is 1.54. The second kappa shape index (κ2) is 5.08. The summed E-state index contributed by atoms with van der Waals surface area (Å²) in [5, 5.41) is 0. The summed E-state index contributed by atoms with van der Waals surface area (Å²) < 4.78 is 17.7. The Morgan fingerprint density at radius 3 is 2.05 bits per heavy atom. The molecule has 4 heteroatoms. The molecule has 0 amide bonds. The molecule has 110 valence electrons. The van der Waals surface area contributed by atoms with E-state index < -0.39 is 0 Å². The van der Waals surface area contributed by atoms with Crippen LogP contribution in [-0.2, 0) is 9.31 Å². The lowest BCUT2D eigenvalue weighted by atomic mass is 9.77. The van der Waals surface area contributed by atoms with Crippen LogP contribution in [0.3, 0.4) is 0 Å². The molecule has 0 aliphatic carbocycles. The summed E-state index contributed by atoms with van der Waals surface area (Å²) in [6, 6.07) is 6.24. The van der Waals surface area contributed by atoms with E-state index in [0.717, 1.165) is 11.2 Å². The predicted octanol–water partition coefficient (Wildman–Crippen LogP) is 3.12. The molecule has 20 heavy (non-hydrogen) atoms. The minimum Gasteiger partial charge on any atom is -0.497 e. The van der Waals surface area contributed by atoms with Gasteiger partial charge in [0.1, 0.15) is 5.75 Å². The molecule has 1 fully saturated rings. The molecule has 1 aromatic rings. The van der Waals surface area contributed by atoms with Gasteiger partial charge in [0.25, 0.3) is 0 Å². The first-order valence-corrected chi connectivity index (χ1v) is 7.21. The second-order valence-electron chi connectivity index (χ2n) is 6.74. The summed E-state index contributed by atoms with van der Waals surface area (Å²) in [7, 11) is 1.31. The van der Waals surface area contributed by atoms with Gasteiger partial charge in [-0.25, -0.2) is 0 Å². The van der Waals surface area contributed by atoms with Crippen LogP contribution in [-0.4, -0.2) is 25.4 Å². The minimum absolute atomic E-state index is 0.334. The van der Waals surface area contributed by atoms with E-state index in [-0.39, 0.29) is 18.3 Å². The first-order chi connectivity index (χ1) is 9.18. The van der Waals surface area contributed by atoms with Gasteiger partial charge >= 0.3 is 7.12 Å². The Balaban J connectivity index is 2.35. The number of methoxy groups -OCH3 is 1. The van der Waals surface area contributed by atoms with Gasteiger partial charge in [0.05, 0.1) is 18.3 Å². The normalized spacial score (nSPS) is 20.5. The van der Waals surface area contributed by atoms with Gasteiger partial charge in [-0.3, -0.25) is 0 Å². The number of rotatable bonds is 3. The highest BCUT2D eigenvalue weighted by Crippen LogP contribution is 2.37. The SMILES string of the molecule is COc1cc(C(C)C)ccc1B1OC(C)(C)C(C)(C)O1. The van der Waals surface area contributed by atoms with Crippen molar-refractivity contribution in [3.63, 3.8) is 0 Å². The highest BCUT2D eigenvalue weighted by atomic mass is 16.7. The summed E-state index contributed by atoms with van der Waals surface area (Å²) in [6.07, 6.45) is 0. The Morgan fingerprint density at radius 1 is 1.05 bits per heavy atom. The van der Waals surface area contributed by atoms with Gasteiger partial charge in [0.2, 0.25) is 0 Å². The van der Waals surface area contributed by atoms with E-state index >= 15 is 0 Å². The summed E-state index contributed by atoms with van der Waals surface area (Å²) in [6.45, 7) is 12.6. The molecule has 1 aliphatic rings. The Hall–Kier alpha value is -0.995. The number of hydrogen-bond acceptors (Lipinski definition) is 3. The minimum atomic E-state index is -0.379. The van der Waals surface area contributed by atoms with E-state index in [4.69, 9.17) is 14.0 Å². The highest BCUT2D eigenvalue weighted by molar-refractivity contribution is 6.63. The van der Waals surface area contributed by atoms with Crippen LogP contribution in [0.2, 0.25) is 0 Å². The maximum Gasteiger partial charge on any atom is 0.498 e. The van der Waals surface area contributed by atoms with E-state index in [0.29, 0.717) is 5.92 Å². The molecule has 0 aromatic heterocycles. The van der Waals surface area contributed by atoms with Crippen molar-refractivity contribution in [1.82, 2.24) is 0 Å². The van der Waals surface area contributed by atoms with Crippen molar-refractivity contribution in [2.75, 3.05) is 7.11 Å². The third kappa shape index (κ3) is 2.59. The van der Waals surface area contributed by atoms with Crippen LogP contribution in [0.1, 0.15) is 53.0 Å². The smallest absolute Gasteiger partial charge is 0.497 e. The zero-order chi connectivity index (χ0) is 15.1. The summed E-state index contributed by atoms with van der Waals surface area (Å²) >= 11 is 0. The van der Waals surface area contributed by atoms with Crippen LogP contribution in [0.5, 0.6) is 5.75 Å². The van der Waals surface area contributed by atoms with Crippen LogP contribution in [0.15, 0.2) is 18.2 Å². The van der Waals surface area contributed by atoms with Gasteiger partial charge < -0.3 is 14.0 Å². The Labute approximate surface area is 122 Å². The lowest BCUT2D eigenvalue weighted by Gasteiger charge is -2.32. The van der Waals surface area contributed by atoms with Gasteiger partial charge in [-0.2, -0.15) is 0 Å². The molecule has 1 heterocycles. The molecule has 1 saturated heterocycles. The standard InChI is InChI=1S/C16H25BO3/c1-11(2)12-8-9-13(14(10-12)18-7)17-19-15(3,4)16(5,6)20-17/h8-11H,1-7H3. The first-order valence-electron chi connectivity index (χ1n) is 7.21. The Bertz CT molecular complexity index is 478. The molecule has 0 N–H and O–H groups in total. The molecule has 0 unspecified atom stereocenters. The quantitative estimate of drug-likeness (QED) is 0.794. The van der Waals surface area contributed by atoms with Crippen LogP contribution >= 0.6 is 0 Å². The van der Waals surface area contributed by atoms with Gasteiger partial charge in [0, 0.05) is 5.46 Å². The van der Waals surface area contributed by atoms with E-state index in [1.807, 2.05) is 0 Å². The van der Waals surface area contributed by atoms with E-state index in [1.165, 1.54) is 5.56 Å². The maximum absolute atomic E-state index is 6.09. The van der Waals surface area contributed by atoms with Gasteiger partial charge in [0.15, 0.2) is 0 Å². The average molecular weight is 276 g/mol. The summed E-state index contributed by atoms with van der Waals surface area (Å²) in [4.78, 5) is 0. The average Bonchev–Trinajstić information content (AvgIpc) is 2.57. The van der Waals surface area contributed by atoms with Crippen LogP contribution in [0.4, 0.5) is 0 Å². The molecule has 3 nitrogen and oxygen atoms in total. The molecule has 2 rings (SSSR count).